The Kier molecular flexibility index (Phi) is 4.73. The molecule has 1 aromatic carbocycles. The molecular weight excluding hydrogens is 228 g/mol. The Morgan fingerprint density at radius 1 is 1.39 bits per heavy atom. The maximum atomic E-state index is 12.2. The fourth-order valence-electron chi connectivity index (χ4n) is 2.09. The molecule has 1 aliphatic rings. The van der Waals surface area contributed by atoms with Crippen LogP contribution in [0.25, 0.3) is 0 Å². The third-order valence-corrected chi connectivity index (χ3v) is 3.04. The van der Waals surface area contributed by atoms with Crippen LogP contribution >= 0.6 is 0 Å². The summed E-state index contributed by atoms with van der Waals surface area (Å²) >= 11 is 0. The minimum atomic E-state index is 0.165. The van der Waals surface area contributed by atoms with Crippen LogP contribution < -0.4 is 10.1 Å². The largest absolute Gasteiger partial charge is 0.494 e. The minimum absolute atomic E-state index is 0.165. The first-order valence-electron chi connectivity index (χ1n) is 6.48. The molecule has 1 N–H and O–H groups in total. The van der Waals surface area contributed by atoms with Gasteiger partial charge < -0.3 is 10.1 Å². The summed E-state index contributed by atoms with van der Waals surface area (Å²) in [5.74, 6) is 0.933. The van der Waals surface area contributed by atoms with Crippen molar-refractivity contribution in [2.75, 3.05) is 39.3 Å². The third-order valence-electron chi connectivity index (χ3n) is 3.04. The van der Waals surface area contributed by atoms with Crippen molar-refractivity contribution < 1.29 is 9.53 Å². The number of nitrogens with zero attached hydrogens (tertiary/aromatic N) is 1. The molecule has 4 heteroatoms. The van der Waals surface area contributed by atoms with Crippen LogP contribution in [0.3, 0.4) is 0 Å². The van der Waals surface area contributed by atoms with Gasteiger partial charge >= 0.3 is 0 Å². The summed E-state index contributed by atoms with van der Waals surface area (Å²) < 4.78 is 5.41. The molecule has 1 heterocycles. The van der Waals surface area contributed by atoms with Crippen LogP contribution in [0, 0.1) is 0 Å². The summed E-state index contributed by atoms with van der Waals surface area (Å²) in [7, 11) is 0. The summed E-state index contributed by atoms with van der Waals surface area (Å²) in [4.78, 5) is 14.3. The van der Waals surface area contributed by atoms with Gasteiger partial charge in [-0.25, -0.2) is 0 Å². The van der Waals surface area contributed by atoms with Crippen LogP contribution in [-0.2, 0) is 0 Å². The maximum Gasteiger partial charge on any atom is 0.176 e. The highest BCUT2D eigenvalue weighted by Gasteiger charge is 2.15. The molecule has 4 nitrogen and oxygen atoms in total. The van der Waals surface area contributed by atoms with Crippen molar-refractivity contribution in [3.05, 3.63) is 29.8 Å². The molecule has 98 valence electrons. The minimum Gasteiger partial charge on any atom is -0.494 e. The summed E-state index contributed by atoms with van der Waals surface area (Å²) in [6.45, 7) is 6.87. The quantitative estimate of drug-likeness (QED) is 0.794. The van der Waals surface area contributed by atoms with Crippen molar-refractivity contribution in [3.63, 3.8) is 0 Å². The zero-order valence-electron chi connectivity index (χ0n) is 10.8. The summed E-state index contributed by atoms with van der Waals surface area (Å²) in [5, 5.41) is 3.28. The van der Waals surface area contributed by atoms with Gasteiger partial charge in [-0.3, -0.25) is 9.69 Å². The van der Waals surface area contributed by atoms with E-state index >= 15 is 0 Å². The SMILES string of the molecule is CCOc1cccc(C(=O)CN2CCNCC2)c1. The second-order valence-corrected chi connectivity index (χ2v) is 4.41. The Morgan fingerprint density at radius 2 is 2.17 bits per heavy atom. The number of carbonyl (C=O) groups is 1. The molecule has 1 aliphatic heterocycles. The first-order valence-corrected chi connectivity index (χ1v) is 6.48. The fourth-order valence-corrected chi connectivity index (χ4v) is 2.09. The third kappa shape index (κ3) is 3.55. The standard InChI is InChI=1S/C14H20N2O2/c1-2-18-13-5-3-4-12(10-13)14(17)11-16-8-6-15-7-9-16/h3-5,10,15H,2,6-9,11H2,1H3. The highest BCUT2D eigenvalue weighted by Crippen LogP contribution is 2.14. The van der Waals surface area contributed by atoms with Gasteiger partial charge in [-0.1, -0.05) is 12.1 Å². The van der Waals surface area contributed by atoms with Gasteiger partial charge in [0.1, 0.15) is 5.75 Å². The van der Waals surface area contributed by atoms with Crippen molar-refractivity contribution in [3.8, 4) is 5.75 Å². The molecule has 1 aromatic rings. The molecular formula is C14H20N2O2. The van der Waals surface area contributed by atoms with E-state index in [1.165, 1.54) is 0 Å². The summed E-state index contributed by atoms with van der Waals surface area (Å²) in [5.41, 5.74) is 0.736. The predicted molar refractivity (Wildman–Crippen MR) is 71.3 cm³/mol. The molecule has 0 radical (unpaired) electrons. The average Bonchev–Trinajstić information content (AvgIpc) is 2.40. The van der Waals surface area contributed by atoms with Crippen LogP contribution in [-0.4, -0.2) is 50.0 Å². The molecule has 0 aromatic heterocycles. The van der Waals surface area contributed by atoms with Gasteiger partial charge in [0.2, 0.25) is 0 Å². The van der Waals surface area contributed by atoms with Crippen LogP contribution in [0.1, 0.15) is 17.3 Å². The zero-order chi connectivity index (χ0) is 12.8. The lowest BCUT2D eigenvalue weighted by molar-refractivity contribution is 0.0921. The number of rotatable bonds is 5. The predicted octanol–water partition coefficient (Wildman–Crippen LogP) is 1.17. The van der Waals surface area contributed by atoms with Gasteiger partial charge in [0.15, 0.2) is 5.78 Å². The number of Topliss-reactive ketones (excluding diaryl/α,β-unsaturated/α-hetero) is 1. The van der Waals surface area contributed by atoms with Crippen LogP contribution in [0.15, 0.2) is 24.3 Å². The van der Waals surface area contributed by atoms with E-state index in [9.17, 15) is 4.79 Å². The lowest BCUT2D eigenvalue weighted by Gasteiger charge is -2.26. The smallest absolute Gasteiger partial charge is 0.176 e. The summed E-state index contributed by atoms with van der Waals surface area (Å²) in [6, 6.07) is 7.43. The van der Waals surface area contributed by atoms with Crippen LogP contribution in [0.5, 0.6) is 5.75 Å². The van der Waals surface area contributed by atoms with Gasteiger partial charge in [0.05, 0.1) is 13.2 Å². The molecule has 0 atom stereocenters. The van der Waals surface area contributed by atoms with Gasteiger partial charge in [-0.2, -0.15) is 0 Å². The Bertz CT molecular complexity index is 401. The normalized spacial score (nSPS) is 16.5. The van der Waals surface area contributed by atoms with E-state index in [1.807, 2.05) is 31.2 Å². The number of hydrogen-bond acceptors (Lipinski definition) is 4. The number of benzene rings is 1. The molecule has 1 fully saturated rings. The topological polar surface area (TPSA) is 41.6 Å². The summed E-state index contributed by atoms with van der Waals surface area (Å²) in [6.07, 6.45) is 0. The van der Waals surface area contributed by atoms with Gasteiger partial charge in [-0.15, -0.1) is 0 Å². The molecule has 0 unspecified atom stereocenters. The van der Waals surface area contributed by atoms with E-state index in [-0.39, 0.29) is 5.78 Å². The lowest BCUT2D eigenvalue weighted by Crippen LogP contribution is -2.45. The molecule has 0 amide bonds. The van der Waals surface area contributed by atoms with E-state index in [0.717, 1.165) is 37.5 Å². The number of carbonyl (C=O) groups excluding carboxylic acids is 1. The van der Waals surface area contributed by atoms with E-state index in [4.69, 9.17) is 4.74 Å². The highest BCUT2D eigenvalue weighted by atomic mass is 16.5. The first kappa shape index (κ1) is 13.1. The monoisotopic (exact) mass is 248 g/mol. The first-order chi connectivity index (χ1) is 8.79. The van der Waals surface area contributed by atoms with Gasteiger partial charge in [0.25, 0.3) is 0 Å². The molecule has 0 aliphatic carbocycles. The van der Waals surface area contributed by atoms with Crippen molar-refractivity contribution >= 4 is 5.78 Å². The van der Waals surface area contributed by atoms with Crippen molar-refractivity contribution in [1.82, 2.24) is 10.2 Å². The van der Waals surface area contributed by atoms with Gasteiger partial charge in [-0.05, 0) is 19.1 Å². The van der Waals surface area contributed by atoms with E-state index in [1.54, 1.807) is 0 Å². The van der Waals surface area contributed by atoms with Crippen LogP contribution in [0.4, 0.5) is 0 Å². The Morgan fingerprint density at radius 3 is 2.89 bits per heavy atom. The van der Waals surface area contributed by atoms with E-state index in [0.29, 0.717) is 13.2 Å². The molecule has 2 rings (SSSR count). The second-order valence-electron chi connectivity index (χ2n) is 4.41. The number of ether oxygens (including phenoxy) is 1. The molecule has 0 spiro atoms. The van der Waals surface area contributed by atoms with E-state index in [2.05, 4.69) is 10.2 Å². The lowest BCUT2D eigenvalue weighted by atomic mass is 10.1. The Balaban J connectivity index is 1.96. The van der Waals surface area contributed by atoms with Crippen LogP contribution in [0.2, 0.25) is 0 Å². The second kappa shape index (κ2) is 6.52. The fraction of sp³-hybridized carbons (Fsp3) is 0.500. The Hall–Kier alpha value is -1.39. The van der Waals surface area contributed by atoms with E-state index < -0.39 is 0 Å². The molecule has 18 heavy (non-hydrogen) atoms. The number of hydrogen-bond donors (Lipinski definition) is 1. The molecule has 1 saturated heterocycles. The molecule has 0 saturated carbocycles. The van der Waals surface area contributed by atoms with Crippen molar-refractivity contribution in [2.45, 2.75) is 6.92 Å². The van der Waals surface area contributed by atoms with Crippen molar-refractivity contribution in [2.24, 2.45) is 0 Å². The number of nitrogens with one attached hydrogen (secondary N) is 1. The number of ketones is 1. The van der Waals surface area contributed by atoms with Gasteiger partial charge in [0, 0.05) is 31.7 Å². The Labute approximate surface area is 108 Å². The molecule has 0 bridgehead atoms. The average molecular weight is 248 g/mol. The zero-order valence-corrected chi connectivity index (χ0v) is 10.8. The van der Waals surface area contributed by atoms with Crippen molar-refractivity contribution in [1.29, 1.82) is 0 Å². The maximum absolute atomic E-state index is 12.2. The highest BCUT2D eigenvalue weighted by molar-refractivity contribution is 5.97. The number of piperazine rings is 1.